The molecule has 27 heavy (non-hydrogen) atoms. The van der Waals surface area contributed by atoms with Gasteiger partial charge in [0.25, 0.3) is 0 Å². The average Bonchev–Trinajstić information content (AvgIpc) is 2.89. The Morgan fingerprint density at radius 3 is 2.44 bits per heavy atom. The van der Waals surface area contributed by atoms with Gasteiger partial charge in [-0.25, -0.2) is 4.68 Å². The number of amides is 1. The molecule has 0 spiro atoms. The smallest absolute Gasteiger partial charge is 0.336 e. The summed E-state index contributed by atoms with van der Waals surface area (Å²) in [6.07, 6.45) is -4.61. The number of alkyl halides is 3. The van der Waals surface area contributed by atoms with E-state index in [-0.39, 0.29) is 11.1 Å². The van der Waals surface area contributed by atoms with Gasteiger partial charge in [-0.05, 0) is 25.1 Å². The Kier molecular flexibility index (Phi) is 6.00. The molecule has 1 atom stereocenters. The number of carbonyl (C=O) groups excluding carboxylic acids is 1. The highest BCUT2D eigenvalue weighted by Gasteiger charge is 2.33. The lowest BCUT2D eigenvalue weighted by Gasteiger charge is -2.17. The second kappa shape index (κ2) is 7.59. The number of nitrogens with zero attached hydrogens (tertiary/aromatic N) is 3. The lowest BCUT2D eigenvalue weighted by atomic mass is 9.96. The standard InChI is InChI=1S/C16H19ClF3N5OS/c1-8(27-14-24-23-13(25(14)21)15(2,3)4)12(26)22-9-5-6-11(17)10(7-9)16(18,19)20/h5-8H,21H2,1-4H3,(H,22,26). The molecule has 0 radical (unpaired) electrons. The molecule has 0 bridgehead atoms. The summed E-state index contributed by atoms with van der Waals surface area (Å²) in [4.78, 5) is 12.3. The highest BCUT2D eigenvalue weighted by atomic mass is 35.5. The fraction of sp³-hybridized carbons (Fsp3) is 0.438. The van der Waals surface area contributed by atoms with Crippen LogP contribution in [0.1, 0.15) is 39.1 Å². The second-order valence-corrected chi connectivity index (χ2v) is 8.58. The molecule has 3 N–H and O–H groups in total. The first kappa shape index (κ1) is 21.4. The first-order chi connectivity index (χ1) is 12.3. The molecule has 148 valence electrons. The molecule has 1 unspecified atom stereocenters. The number of nitrogens with one attached hydrogen (secondary N) is 1. The number of halogens is 4. The van der Waals surface area contributed by atoms with Crippen molar-refractivity contribution in [3.05, 3.63) is 34.6 Å². The molecule has 2 aromatic rings. The predicted molar refractivity (Wildman–Crippen MR) is 99.3 cm³/mol. The number of anilines is 1. The van der Waals surface area contributed by atoms with Crippen molar-refractivity contribution in [2.45, 2.75) is 49.7 Å². The van der Waals surface area contributed by atoms with Crippen LogP contribution in [0.25, 0.3) is 0 Å². The maximum Gasteiger partial charge on any atom is 0.417 e. The SMILES string of the molecule is CC(Sc1nnc(C(C)(C)C)n1N)C(=O)Nc1ccc(Cl)c(C(F)(F)F)c1. The van der Waals surface area contributed by atoms with Crippen LogP contribution >= 0.6 is 23.4 Å². The summed E-state index contributed by atoms with van der Waals surface area (Å²) in [7, 11) is 0. The van der Waals surface area contributed by atoms with Crippen molar-refractivity contribution < 1.29 is 18.0 Å². The number of hydrogen-bond donors (Lipinski definition) is 2. The third kappa shape index (κ3) is 5.07. The molecule has 6 nitrogen and oxygen atoms in total. The molecule has 1 amide bonds. The lowest BCUT2D eigenvalue weighted by molar-refractivity contribution is -0.137. The van der Waals surface area contributed by atoms with E-state index in [2.05, 4.69) is 15.5 Å². The first-order valence-corrected chi connectivity index (χ1v) is 9.11. The van der Waals surface area contributed by atoms with E-state index in [0.29, 0.717) is 11.0 Å². The van der Waals surface area contributed by atoms with Crippen LogP contribution < -0.4 is 11.2 Å². The molecule has 0 fully saturated rings. The Morgan fingerprint density at radius 1 is 1.30 bits per heavy atom. The van der Waals surface area contributed by atoms with E-state index in [1.807, 2.05) is 20.8 Å². The van der Waals surface area contributed by atoms with Crippen LogP contribution in [0, 0.1) is 0 Å². The molecular weight excluding hydrogens is 403 g/mol. The molecule has 0 saturated carbocycles. The summed E-state index contributed by atoms with van der Waals surface area (Å²) in [5.41, 5.74) is -1.35. The largest absolute Gasteiger partial charge is 0.417 e. The summed E-state index contributed by atoms with van der Waals surface area (Å²) in [6, 6.07) is 3.18. The molecule has 0 aliphatic carbocycles. The minimum absolute atomic E-state index is 0.00577. The fourth-order valence-electron chi connectivity index (χ4n) is 2.14. The normalized spacial score (nSPS) is 13.5. The molecule has 2 rings (SSSR count). The van der Waals surface area contributed by atoms with Crippen molar-refractivity contribution >= 4 is 35.0 Å². The molecular formula is C16H19ClF3N5OS. The third-order valence-corrected chi connectivity index (χ3v) is 4.91. The van der Waals surface area contributed by atoms with Gasteiger partial charge < -0.3 is 11.2 Å². The van der Waals surface area contributed by atoms with Crippen LogP contribution in [0.15, 0.2) is 23.4 Å². The average molecular weight is 422 g/mol. The van der Waals surface area contributed by atoms with Gasteiger partial charge in [0.2, 0.25) is 11.1 Å². The summed E-state index contributed by atoms with van der Waals surface area (Å²) >= 11 is 6.63. The minimum Gasteiger partial charge on any atom is -0.336 e. The Labute approximate surface area is 163 Å². The van der Waals surface area contributed by atoms with Crippen molar-refractivity contribution in [2.75, 3.05) is 11.2 Å². The molecule has 0 aliphatic heterocycles. The van der Waals surface area contributed by atoms with Gasteiger partial charge in [-0.1, -0.05) is 44.1 Å². The Balaban J connectivity index is 2.12. The topological polar surface area (TPSA) is 85.8 Å². The van der Waals surface area contributed by atoms with Gasteiger partial charge in [0.15, 0.2) is 5.82 Å². The van der Waals surface area contributed by atoms with Crippen LogP contribution in [-0.4, -0.2) is 26.0 Å². The monoisotopic (exact) mass is 421 g/mol. The van der Waals surface area contributed by atoms with Gasteiger partial charge in [-0.2, -0.15) is 13.2 Å². The fourth-order valence-corrected chi connectivity index (χ4v) is 3.14. The maximum atomic E-state index is 12.9. The second-order valence-electron chi connectivity index (χ2n) is 6.87. The van der Waals surface area contributed by atoms with Crippen molar-refractivity contribution in [2.24, 2.45) is 0 Å². The van der Waals surface area contributed by atoms with Crippen LogP contribution in [0.5, 0.6) is 0 Å². The van der Waals surface area contributed by atoms with E-state index < -0.39 is 27.9 Å². The number of benzene rings is 1. The number of hydrogen-bond acceptors (Lipinski definition) is 5. The number of rotatable bonds is 4. The quantitative estimate of drug-likeness (QED) is 0.573. The number of thioether (sulfide) groups is 1. The molecule has 0 saturated heterocycles. The van der Waals surface area contributed by atoms with E-state index in [1.54, 1.807) is 6.92 Å². The summed E-state index contributed by atoms with van der Waals surface area (Å²) < 4.78 is 40.1. The van der Waals surface area contributed by atoms with Crippen molar-refractivity contribution in [1.82, 2.24) is 14.9 Å². The van der Waals surface area contributed by atoms with Gasteiger partial charge in [0.1, 0.15) is 0 Å². The molecule has 1 heterocycles. The highest BCUT2D eigenvalue weighted by molar-refractivity contribution is 8.00. The van der Waals surface area contributed by atoms with Crippen molar-refractivity contribution in [1.29, 1.82) is 0 Å². The zero-order valence-electron chi connectivity index (χ0n) is 15.1. The Hall–Kier alpha value is -1.94. The molecule has 1 aromatic heterocycles. The summed E-state index contributed by atoms with van der Waals surface area (Å²) in [5, 5.41) is 9.66. The zero-order valence-corrected chi connectivity index (χ0v) is 16.6. The number of nitrogens with two attached hydrogens (primary N) is 1. The van der Waals surface area contributed by atoms with E-state index in [4.69, 9.17) is 17.4 Å². The van der Waals surface area contributed by atoms with Crippen LogP contribution in [-0.2, 0) is 16.4 Å². The highest BCUT2D eigenvalue weighted by Crippen LogP contribution is 2.36. The van der Waals surface area contributed by atoms with E-state index in [9.17, 15) is 18.0 Å². The van der Waals surface area contributed by atoms with Crippen molar-refractivity contribution in [3.8, 4) is 0 Å². The number of carbonyl (C=O) groups is 1. The molecule has 0 aliphatic rings. The summed E-state index contributed by atoms with van der Waals surface area (Å²) in [6.45, 7) is 7.35. The van der Waals surface area contributed by atoms with E-state index in [1.165, 1.54) is 10.7 Å². The van der Waals surface area contributed by atoms with Crippen molar-refractivity contribution in [3.63, 3.8) is 0 Å². The van der Waals surface area contributed by atoms with Gasteiger partial charge in [-0.3, -0.25) is 4.79 Å². The third-order valence-electron chi connectivity index (χ3n) is 3.53. The minimum atomic E-state index is -4.61. The van der Waals surface area contributed by atoms with E-state index >= 15 is 0 Å². The molecule has 11 heteroatoms. The number of nitrogen functional groups attached to an aromatic ring is 1. The Morgan fingerprint density at radius 2 is 1.93 bits per heavy atom. The first-order valence-electron chi connectivity index (χ1n) is 7.86. The summed E-state index contributed by atoms with van der Waals surface area (Å²) in [5.74, 6) is 6.02. The van der Waals surface area contributed by atoms with Gasteiger partial charge in [-0.15, -0.1) is 10.2 Å². The van der Waals surface area contributed by atoms with E-state index in [0.717, 1.165) is 23.9 Å². The maximum absolute atomic E-state index is 12.9. The van der Waals surface area contributed by atoms with Gasteiger partial charge in [0.05, 0.1) is 15.8 Å². The van der Waals surface area contributed by atoms with Crippen LogP contribution in [0.4, 0.5) is 18.9 Å². The van der Waals surface area contributed by atoms with Gasteiger partial charge in [0, 0.05) is 11.1 Å². The molecule has 1 aromatic carbocycles. The number of aromatic nitrogens is 3. The van der Waals surface area contributed by atoms with Gasteiger partial charge >= 0.3 is 6.18 Å². The van der Waals surface area contributed by atoms with Crippen LogP contribution in [0.2, 0.25) is 5.02 Å². The van der Waals surface area contributed by atoms with Crippen LogP contribution in [0.3, 0.4) is 0 Å². The predicted octanol–water partition coefficient (Wildman–Crippen LogP) is 4.08. The zero-order chi connectivity index (χ0) is 20.6. The lowest BCUT2D eigenvalue weighted by Crippen LogP contribution is -2.26. The Bertz CT molecular complexity index is 848.